The van der Waals surface area contributed by atoms with Crippen LogP contribution >= 0.6 is 11.6 Å². The van der Waals surface area contributed by atoms with Crippen molar-refractivity contribution in [3.8, 4) is 0 Å². The predicted octanol–water partition coefficient (Wildman–Crippen LogP) is 1.81. The third-order valence-corrected chi connectivity index (χ3v) is 3.62. The van der Waals surface area contributed by atoms with Crippen molar-refractivity contribution in [2.24, 2.45) is 5.41 Å². The van der Waals surface area contributed by atoms with E-state index in [1.165, 1.54) is 0 Å². The molecule has 0 aromatic heterocycles. The average molecular weight is 269 g/mol. The van der Waals surface area contributed by atoms with E-state index in [9.17, 15) is 4.79 Å². The Hall–Kier alpha value is -1.26. The van der Waals surface area contributed by atoms with Gasteiger partial charge in [-0.2, -0.15) is 0 Å². The first-order valence-corrected chi connectivity index (χ1v) is 6.38. The fourth-order valence-corrected chi connectivity index (χ4v) is 2.29. The normalized spacial score (nSPS) is 16.3. The first-order valence-electron chi connectivity index (χ1n) is 6.00. The predicted molar refractivity (Wildman–Crippen MR) is 71.6 cm³/mol. The zero-order valence-electron chi connectivity index (χ0n) is 10.1. The molecule has 2 rings (SSSR count). The first kappa shape index (κ1) is 13.2. The molecule has 18 heavy (non-hydrogen) atoms. The molecule has 0 heterocycles. The van der Waals surface area contributed by atoms with Crippen molar-refractivity contribution >= 4 is 23.2 Å². The minimum atomic E-state index is -0.173. The van der Waals surface area contributed by atoms with Gasteiger partial charge in [-0.1, -0.05) is 11.6 Å². The maximum Gasteiger partial charge on any atom is 0.251 e. The molecule has 0 aliphatic heterocycles. The Morgan fingerprint density at radius 1 is 1.44 bits per heavy atom. The number of benzene rings is 1. The fourth-order valence-electron chi connectivity index (χ4n) is 2.04. The summed E-state index contributed by atoms with van der Waals surface area (Å²) in [7, 11) is 0. The molecular weight excluding hydrogens is 252 g/mol. The van der Waals surface area contributed by atoms with E-state index in [1.54, 1.807) is 18.2 Å². The number of nitrogens with one attached hydrogen (secondary N) is 1. The smallest absolute Gasteiger partial charge is 0.251 e. The van der Waals surface area contributed by atoms with Crippen LogP contribution in [0.5, 0.6) is 0 Å². The van der Waals surface area contributed by atoms with Crippen LogP contribution in [0.15, 0.2) is 18.2 Å². The van der Waals surface area contributed by atoms with Crippen LogP contribution in [0.1, 0.15) is 29.6 Å². The van der Waals surface area contributed by atoms with Gasteiger partial charge in [0.15, 0.2) is 0 Å². The van der Waals surface area contributed by atoms with Crippen LogP contribution in [0.3, 0.4) is 0 Å². The van der Waals surface area contributed by atoms with E-state index < -0.39 is 0 Å². The molecule has 0 spiro atoms. The molecule has 0 radical (unpaired) electrons. The second-order valence-electron chi connectivity index (χ2n) is 4.93. The van der Waals surface area contributed by atoms with Crippen LogP contribution < -0.4 is 11.1 Å². The summed E-state index contributed by atoms with van der Waals surface area (Å²) in [4.78, 5) is 11.9. The van der Waals surface area contributed by atoms with E-state index in [-0.39, 0.29) is 17.9 Å². The number of nitrogen functional groups attached to an aromatic ring is 1. The van der Waals surface area contributed by atoms with Crippen LogP contribution in [0.4, 0.5) is 5.69 Å². The SMILES string of the molecule is Nc1cc(Cl)cc(C(=O)NCC2(CCO)CC2)c1. The van der Waals surface area contributed by atoms with Crippen molar-refractivity contribution in [3.05, 3.63) is 28.8 Å². The molecule has 0 atom stereocenters. The van der Waals surface area contributed by atoms with Crippen LogP contribution in [0.2, 0.25) is 5.02 Å². The summed E-state index contributed by atoms with van der Waals surface area (Å²) in [5, 5.41) is 12.3. The molecule has 0 bridgehead atoms. The van der Waals surface area contributed by atoms with Crippen LogP contribution in [-0.4, -0.2) is 24.2 Å². The summed E-state index contributed by atoms with van der Waals surface area (Å²) in [6.07, 6.45) is 2.86. The largest absolute Gasteiger partial charge is 0.399 e. The lowest BCUT2D eigenvalue weighted by Gasteiger charge is -2.14. The van der Waals surface area contributed by atoms with Gasteiger partial charge >= 0.3 is 0 Å². The Morgan fingerprint density at radius 2 is 2.17 bits per heavy atom. The summed E-state index contributed by atoms with van der Waals surface area (Å²) in [6.45, 7) is 0.763. The summed E-state index contributed by atoms with van der Waals surface area (Å²) < 4.78 is 0. The summed E-state index contributed by atoms with van der Waals surface area (Å²) >= 11 is 5.85. The van der Waals surface area contributed by atoms with Gasteiger partial charge in [-0.05, 0) is 42.9 Å². The molecule has 4 N–H and O–H groups in total. The van der Waals surface area contributed by atoms with Crippen molar-refractivity contribution in [3.63, 3.8) is 0 Å². The van der Waals surface area contributed by atoms with Crippen molar-refractivity contribution in [2.45, 2.75) is 19.3 Å². The molecule has 1 aliphatic carbocycles. The topological polar surface area (TPSA) is 75.4 Å². The van der Waals surface area contributed by atoms with E-state index >= 15 is 0 Å². The lowest BCUT2D eigenvalue weighted by atomic mass is 10.0. The number of hydrogen-bond donors (Lipinski definition) is 3. The van der Waals surface area contributed by atoms with Gasteiger partial charge in [-0.3, -0.25) is 4.79 Å². The Labute approximate surface area is 111 Å². The van der Waals surface area contributed by atoms with E-state index in [0.29, 0.717) is 22.8 Å². The molecule has 1 aromatic carbocycles. The molecular formula is C13H17ClN2O2. The standard InChI is InChI=1S/C13H17ClN2O2/c14-10-5-9(6-11(15)7-10)12(18)16-8-13(1-2-13)3-4-17/h5-7,17H,1-4,8,15H2,(H,16,18). The zero-order chi connectivity index (χ0) is 13.2. The van der Waals surface area contributed by atoms with Gasteiger partial charge in [0.25, 0.3) is 5.91 Å². The molecule has 0 unspecified atom stereocenters. The molecule has 1 saturated carbocycles. The van der Waals surface area contributed by atoms with Crippen molar-refractivity contribution in [2.75, 3.05) is 18.9 Å². The molecule has 1 fully saturated rings. The third kappa shape index (κ3) is 3.15. The van der Waals surface area contributed by atoms with E-state index in [2.05, 4.69) is 5.32 Å². The Morgan fingerprint density at radius 3 is 2.72 bits per heavy atom. The molecule has 1 amide bonds. The minimum Gasteiger partial charge on any atom is -0.399 e. The van der Waals surface area contributed by atoms with Crippen molar-refractivity contribution < 1.29 is 9.90 Å². The van der Waals surface area contributed by atoms with Gasteiger partial charge in [0.1, 0.15) is 0 Å². The highest BCUT2D eigenvalue weighted by molar-refractivity contribution is 6.31. The summed E-state index contributed by atoms with van der Waals surface area (Å²) in [6, 6.07) is 4.80. The minimum absolute atomic E-state index is 0.106. The molecule has 5 heteroatoms. The third-order valence-electron chi connectivity index (χ3n) is 3.41. The van der Waals surface area contributed by atoms with Gasteiger partial charge < -0.3 is 16.2 Å². The summed E-state index contributed by atoms with van der Waals surface area (Å²) in [5.41, 5.74) is 6.70. The number of halogens is 1. The number of aliphatic hydroxyl groups excluding tert-OH is 1. The molecule has 1 aromatic rings. The lowest BCUT2D eigenvalue weighted by molar-refractivity contribution is 0.0941. The highest BCUT2D eigenvalue weighted by atomic mass is 35.5. The zero-order valence-corrected chi connectivity index (χ0v) is 10.8. The van der Waals surface area contributed by atoms with Crippen molar-refractivity contribution in [1.82, 2.24) is 5.32 Å². The molecule has 4 nitrogen and oxygen atoms in total. The summed E-state index contributed by atoms with van der Waals surface area (Å²) in [5.74, 6) is -0.173. The van der Waals surface area contributed by atoms with E-state index in [4.69, 9.17) is 22.4 Å². The van der Waals surface area contributed by atoms with Gasteiger partial charge in [-0.25, -0.2) is 0 Å². The number of anilines is 1. The van der Waals surface area contributed by atoms with Crippen LogP contribution in [0, 0.1) is 5.41 Å². The fraction of sp³-hybridized carbons (Fsp3) is 0.462. The quantitative estimate of drug-likeness (QED) is 0.713. The monoisotopic (exact) mass is 268 g/mol. The number of rotatable bonds is 5. The number of carbonyl (C=O) groups is 1. The highest BCUT2D eigenvalue weighted by Crippen LogP contribution is 2.47. The number of aliphatic hydroxyl groups is 1. The number of carbonyl (C=O) groups excluding carboxylic acids is 1. The first-order chi connectivity index (χ1) is 8.54. The average Bonchev–Trinajstić information content (AvgIpc) is 3.06. The van der Waals surface area contributed by atoms with Gasteiger partial charge in [-0.15, -0.1) is 0 Å². The maximum absolute atomic E-state index is 11.9. The maximum atomic E-state index is 11.9. The second kappa shape index (κ2) is 5.16. The Bertz CT molecular complexity index is 438. The van der Waals surface area contributed by atoms with Crippen LogP contribution in [0.25, 0.3) is 0 Å². The van der Waals surface area contributed by atoms with E-state index in [0.717, 1.165) is 19.3 Å². The van der Waals surface area contributed by atoms with Gasteiger partial charge in [0.05, 0.1) is 0 Å². The highest BCUT2D eigenvalue weighted by Gasteiger charge is 2.41. The Kier molecular flexibility index (Phi) is 3.78. The lowest BCUT2D eigenvalue weighted by Crippen LogP contribution is -2.30. The number of hydrogen-bond acceptors (Lipinski definition) is 3. The van der Waals surface area contributed by atoms with Gasteiger partial charge in [0, 0.05) is 29.4 Å². The number of amides is 1. The molecule has 98 valence electrons. The second-order valence-corrected chi connectivity index (χ2v) is 5.37. The molecule has 0 saturated heterocycles. The van der Waals surface area contributed by atoms with Gasteiger partial charge in [0.2, 0.25) is 0 Å². The molecule has 1 aliphatic rings. The van der Waals surface area contributed by atoms with Crippen LogP contribution in [-0.2, 0) is 0 Å². The Balaban J connectivity index is 1.95. The number of nitrogens with two attached hydrogens (primary N) is 1. The van der Waals surface area contributed by atoms with E-state index in [1.807, 2.05) is 0 Å². The van der Waals surface area contributed by atoms with Crippen molar-refractivity contribution in [1.29, 1.82) is 0 Å².